The molecule has 3 amide bonds. The monoisotopic (exact) mass is 369 g/mol. The van der Waals surface area contributed by atoms with Gasteiger partial charge in [0.25, 0.3) is 0 Å². The van der Waals surface area contributed by atoms with Crippen LogP contribution in [0, 0.1) is 16.7 Å². The van der Waals surface area contributed by atoms with Crippen molar-refractivity contribution in [3.8, 4) is 0 Å². The fourth-order valence-corrected chi connectivity index (χ4v) is 5.68. The Balaban J connectivity index is 1.42. The SMILES string of the molecule is CC1(C)[C@H]2CC[C@@]1(C)[C@H](NC(=O)N1CCC[C@H]1C(=O)Nc1ccccc1)C2. The van der Waals surface area contributed by atoms with Gasteiger partial charge in [-0.15, -0.1) is 0 Å². The fraction of sp³-hybridized carbons (Fsp3) is 0.636. The van der Waals surface area contributed by atoms with Gasteiger partial charge in [-0.05, 0) is 61.0 Å². The van der Waals surface area contributed by atoms with E-state index in [0.29, 0.717) is 12.5 Å². The second-order valence-corrected chi connectivity index (χ2v) is 9.32. The third-order valence-corrected chi connectivity index (χ3v) is 7.95. The van der Waals surface area contributed by atoms with Crippen molar-refractivity contribution in [3.05, 3.63) is 30.3 Å². The van der Waals surface area contributed by atoms with Gasteiger partial charge in [-0.3, -0.25) is 4.79 Å². The first-order valence-electron chi connectivity index (χ1n) is 10.3. The van der Waals surface area contributed by atoms with Crippen LogP contribution in [0.1, 0.15) is 52.9 Å². The number of hydrogen-bond acceptors (Lipinski definition) is 2. The lowest BCUT2D eigenvalue weighted by molar-refractivity contribution is -0.119. The number of carbonyl (C=O) groups excluding carboxylic acids is 2. The van der Waals surface area contributed by atoms with E-state index in [1.165, 1.54) is 12.8 Å². The van der Waals surface area contributed by atoms with Crippen molar-refractivity contribution >= 4 is 17.6 Å². The smallest absolute Gasteiger partial charge is 0.318 e. The van der Waals surface area contributed by atoms with Crippen molar-refractivity contribution in [1.29, 1.82) is 0 Å². The Morgan fingerprint density at radius 3 is 2.48 bits per heavy atom. The van der Waals surface area contributed by atoms with Gasteiger partial charge in [-0.2, -0.15) is 0 Å². The van der Waals surface area contributed by atoms with Crippen molar-refractivity contribution in [2.75, 3.05) is 11.9 Å². The Kier molecular flexibility index (Phi) is 4.44. The van der Waals surface area contributed by atoms with E-state index in [4.69, 9.17) is 0 Å². The molecule has 1 aromatic rings. The number of hydrogen-bond donors (Lipinski definition) is 2. The van der Waals surface area contributed by atoms with Gasteiger partial charge in [0.15, 0.2) is 0 Å². The summed E-state index contributed by atoms with van der Waals surface area (Å²) >= 11 is 0. The lowest BCUT2D eigenvalue weighted by Crippen LogP contribution is -2.54. The lowest BCUT2D eigenvalue weighted by atomic mass is 9.69. The van der Waals surface area contributed by atoms with Crippen LogP contribution < -0.4 is 10.6 Å². The molecule has 5 nitrogen and oxygen atoms in total. The van der Waals surface area contributed by atoms with E-state index < -0.39 is 0 Å². The summed E-state index contributed by atoms with van der Waals surface area (Å²) < 4.78 is 0. The van der Waals surface area contributed by atoms with E-state index in [9.17, 15) is 9.59 Å². The minimum atomic E-state index is -0.385. The molecule has 2 aliphatic carbocycles. The minimum Gasteiger partial charge on any atom is -0.335 e. The number of nitrogens with zero attached hydrogens (tertiary/aromatic N) is 1. The van der Waals surface area contributed by atoms with Gasteiger partial charge in [-0.1, -0.05) is 39.0 Å². The average molecular weight is 370 g/mol. The molecule has 0 aromatic heterocycles. The molecule has 0 unspecified atom stereocenters. The summed E-state index contributed by atoms with van der Waals surface area (Å²) in [6.07, 6.45) is 5.09. The van der Waals surface area contributed by atoms with Crippen molar-refractivity contribution < 1.29 is 9.59 Å². The Morgan fingerprint density at radius 1 is 1.11 bits per heavy atom. The molecule has 4 atom stereocenters. The third-order valence-electron chi connectivity index (χ3n) is 7.95. The summed E-state index contributed by atoms with van der Waals surface area (Å²) in [7, 11) is 0. The van der Waals surface area contributed by atoms with Gasteiger partial charge < -0.3 is 15.5 Å². The summed E-state index contributed by atoms with van der Waals surface area (Å²) in [5, 5.41) is 6.25. The van der Waals surface area contributed by atoms with Crippen LogP contribution in [0.5, 0.6) is 0 Å². The molecule has 1 saturated heterocycles. The molecule has 1 aromatic carbocycles. The molecular weight excluding hydrogens is 338 g/mol. The van der Waals surface area contributed by atoms with E-state index >= 15 is 0 Å². The molecule has 1 heterocycles. The second kappa shape index (κ2) is 6.54. The summed E-state index contributed by atoms with van der Waals surface area (Å²) in [5.41, 5.74) is 1.19. The lowest BCUT2D eigenvalue weighted by Gasteiger charge is -2.40. The highest BCUT2D eigenvalue weighted by atomic mass is 16.2. The molecule has 146 valence electrons. The van der Waals surface area contributed by atoms with Crippen LogP contribution in [0.15, 0.2) is 30.3 Å². The quantitative estimate of drug-likeness (QED) is 0.845. The molecule has 3 aliphatic rings. The summed E-state index contributed by atoms with van der Waals surface area (Å²) in [4.78, 5) is 27.5. The van der Waals surface area contributed by atoms with Gasteiger partial charge in [0, 0.05) is 18.3 Å². The second-order valence-electron chi connectivity index (χ2n) is 9.32. The number of anilines is 1. The largest absolute Gasteiger partial charge is 0.335 e. The number of carbonyl (C=O) groups is 2. The number of urea groups is 1. The van der Waals surface area contributed by atoms with Crippen LogP contribution in [0.2, 0.25) is 0 Å². The van der Waals surface area contributed by atoms with Crippen molar-refractivity contribution in [3.63, 3.8) is 0 Å². The standard InChI is InChI=1S/C22H31N3O2/c1-21(2)15-11-12-22(21,3)18(14-15)24-20(27)25-13-7-10-17(25)19(26)23-16-8-5-4-6-9-16/h4-6,8-9,15,17-18H,7,10-14H2,1-3H3,(H,23,26)(H,24,27)/t15-,17-,18+,22-/m0/s1. The zero-order chi connectivity index (χ0) is 19.2. The predicted molar refractivity (Wildman–Crippen MR) is 106 cm³/mol. The zero-order valence-corrected chi connectivity index (χ0v) is 16.6. The Bertz CT molecular complexity index is 732. The molecule has 5 heteroatoms. The predicted octanol–water partition coefficient (Wildman–Crippen LogP) is 4.01. The van der Waals surface area contributed by atoms with Gasteiger partial charge in [-0.25, -0.2) is 4.79 Å². The molecule has 27 heavy (non-hydrogen) atoms. The summed E-state index contributed by atoms with van der Waals surface area (Å²) in [5.74, 6) is 0.594. The first-order chi connectivity index (χ1) is 12.8. The number of rotatable bonds is 3. The fourth-order valence-electron chi connectivity index (χ4n) is 5.68. The van der Waals surface area contributed by atoms with Crippen LogP contribution in [-0.4, -0.2) is 35.5 Å². The number of para-hydroxylation sites is 1. The van der Waals surface area contributed by atoms with Crippen LogP contribution in [0.4, 0.5) is 10.5 Å². The van der Waals surface area contributed by atoms with Crippen molar-refractivity contribution in [2.45, 2.75) is 65.0 Å². The number of likely N-dealkylation sites (tertiary alicyclic amines) is 1. The van der Waals surface area contributed by atoms with E-state index in [0.717, 1.165) is 24.9 Å². The Morgan fingerprint density at radius 2 is 1.85 bits per heavy atom. The highest BCUT2D eigenvalue weighted by Crippen LogP contribution is 2.65. The summed E-state index contributed by atoms with van der Waals surface area (Å²) in [6, 6.07) is 9.20. The molecule has 0 radical (unpaired) electrons. The van der Waals surface area contributed by atoms with E-state index in [-0.39, 0.29) is 34.9 Å². The van der Waals surface area contributed by atoms with E-state index in [1.807, 2.05) is 30.3 Å². The first kappa shape index (κ1) is 18.3. The van der Waals surface area contributed by atoms with E-state index in [2.05, 4.69) is 31.4 Å². The zero-order valence-electron chi connectivity index (χ0n) is 16.6. The van der Waals surface area contributed by atoms with E-state index in [1.54, 1.807) is 4.90 Å². The molecule has 2 N–H and O–H groups in total. The normalized spacial score (nSPS) is 33.9. The van der Waals surface area contributed by atoms with Gasteiger partial charge in [0.1, 0.15) is 6.04 Å². The van der Waals surface area contributed by atoms with Crippen LogP contribution in [0.25, 0.3) is 0 Å². The molecule has 2 bridgehead atoms. The maximum absolute atomic E-state index is 13.0. The van der Waals surface area contributed by atoms with Crippen molar-refractivity contribution in [1.82, 2.24) is 10.2 Å². The molecule has 0 spiro atoms. The molecular formula is C22H31N3O2. The van der Waals surface area contributed by atoms with Crippen LogP contribution >= 0.6 is 0 Å². The Hall–Kier alpha value is -2.04. The maximum Gasteiger partial charge on any atom is 0.318 e. The third kappa shape index (κ3) is 2.91. The van der Waals surface area contributed by atoms with Crippen molar-refractivity contribution in [2.24, 2.45) is 16.7 Å². The molecule has 2 saturated carbocycles. The summed E-state index contributed by atoms with van der Waals surface area (Å²) in [6.45, 7) is 7.68. The highest BCUT2D eigenvalue weighted by Gasteiger charge is 2.61. The molecule has 4 rings (SSSR count). The minimum absolute atomic E-state index is 0.0738. The number of amides is 3. The first-order valence-corrected chi connectivity index (χ1v) is 10.3. The maximum atomic E-state index is 13.0. The average Bonchev–Trinajstić information content (AvgIpc) is 3.26. The molecule has 1 aliphatic heterocycles. The molecule has 3 fully saturated rings. The topological polar surface area (TPSA) is 61.4 Å². The van der Waals surface area contributed by atoms with Gasteiger partial charge >= 0.3 is 6.03 Å². The van der Waals surface area contributed by atoms with Crippen LogP contribution in [0.3, 0.4) is 0 Å². The number of nitrogens with one attached hydrogen (secondary N) is 2. The van der Waals surface area contributed by atoms with Crippen LogP contribution in [-0.2, 0) is 4.79 Å². The van der Waals surface area contributed by atoms with Gasteiger partial charge in [0.05, 0.1) is 0 Å². The number of fused-ring (bicyclic) bond motifs is 2. The Labute approximate surface area is 161 Å². The highest BCUT2D eigenvalue weighted by molar-refractivity contribution is 5.97. The van der Waals surface area contributed by atoms with Gasteiger partial charge in [0.2, 0.25) is 5.91 Å². The number of benzene rings is 1.